The van der Waals surface area contributed by atoms with Crippen LogP contribution < -0.4 is 11.3 Å². The Balaban J connectivity index is 1.55. The van der Waals surface area contributed by atoms with Crippen LogP contribution in [-0.2, 0) is 4.74 Å². The molecule has 1 aliphatic carbocycles. The second-order valence-electron chi connectivity index (χ2n) is 5.98. The summed E-state index contributed by atoms with van der Waals surface area (Å²) in [7, 11) is 0. The van der Waals surface area contributed by atoms with Crippen LogP contribution in [0.2, 0.25) is 0 Å². The first-order valence-corrected chi connectivity index (χ1v) is 7.47. The minimum Gasteiger partial charge on any atom is -0.381 e. The zero-order valence-electron chi connectivity index (χ0n) is 11.4. The molecule has 2 aliphatic rings. The van der Waals surface area contributed by atoms with Gasteiger partial charge in [0.1, 0.15) is 0 Å². The fourth-order valence-corrected chi connectivity index (χ4v) is 3.45. The van der Waals surface area contributed by atoms with Crippen LogP contribution in [0.4, 0.5) is 0 Å². The molecule has 1 aliphatic heterocycles. The van der Waals surface area contributed by atoms with Gasteiger partial charge in [-0.3, -0.25) is 11.3 Å². The van der Waals surface area contributed by atoms with Gasteiger partial charge in [-0.05, 0) is 49.0 Å². The normalized spacial score (nSPS) is 29.1. The third kappa shape index (κ3) is 3.16. The summed E-state index contributed by atoms with van der Waals surface area (Å²) in [5.74, 6) is 8.00. The predicted molar refractivity (Wildman–Crippen MR) is 76.6 cm³/mol. The van der Waals surface area contributed by atoms with Crippen molar-refractivity contribution in [3.63, 3.8) is 0 Å². The van der Waals surface area contributed by atoms with Crippen molar-refractivity contribution in [2.24, 2.45) is 17.7 Å². The Morgan fingerprint density at radius 1 is 1.21 bits per heavy atom. The predicted octanol–water partition coefficient (Wildman–Crippen LogP) is 2.44. The first-order chi connectivity index (χ1) is 9.38. The maximum atomic E-state index is 5.79. The van der Waals surface area contributed by atoms with Crippen LogP contribution in [0.3, 0.4) is 0 Å². The fourth-order valence-electron chi connectivity index (χ4n) is 3.45. The largest absolute Gasteiger partial charge is 0.381 e. The Kier molecular flexibility index (Phi) is 4.16. The molecule has 0 aromatic heterocycles. The molecule has 104 valence electrons. The maximum Gasteiger partial charge on any atom is 0.0468 e. The number of nitrogens with one attached hydrogen (secondary N) is 1. The van der Waals surface area contributed by atoms with E-state index in [0.717, 1.165) is 25.0 Å². The zero-order chi connectivity index (χ0) is 13.1. The molecule has 2 fully saturated rings. The van der Waals surface area contributed by atoms with E-state index in [0.29, 0.717) is 12.0 Å². The highest BCUT2D eigenvalue weighted by Gasteiger charge is 2.43. The molecule has 0 bridgehead atoms. The molecule has 19 heavy (non-hydrogen) atoms. The van der Waals surface area contributed by atoms with Crippen LogP contribution in [0.15, 0.2) is 30.3 Å². The molecule has 3 atom stereocenters. The number of hydrogen-bond donors (Lipinski definition) is 2. The van der Waals surface area contributed by atoms with Crippen molar-refractivity contribution in [2.45, 2.75) is 37.6 Å². The molecule has 3 N–H and O–H groups in total. The number of ether oxygens (including phenoxy) is 1. The van der Waals surface area contributed by atoms with E-state index in [4.69, 9.17) is 10.6 Å². The van der Waals surface area contributed by atoms with Crippen molar-refractivity contribution in [1.82, 2.24) is 5.43 Å². The van der Waals surface area contributed by atoms with Gasteiger partial charge in [-0.1, -0.05) is 30.3 Å². The lowest BCUT2D eigenvalue weighted by molar-refractivity contribution is 0.0596. The lowest BCUT2D eigenvalue weighted by Crippen LogP contribution is -2.39. The first-order valence-electron chi connectivity index (χ1n) is 7.47. The van der Waals surface area contributed by atoms with Gasteiger partial charge >= 0.3 is 0 Å². The van der Waals surface area contributed by atoms with Crippen LogP contribution >= 0.6 is 0 Å². The molecule has 3 heteroatoms. The summed E-state index contributed by atoms with van der Waals surface area (Å²) < 4.78 is 5.43. The smallest absolute Gasteiger partial charge is 0.0468 e. The molecule has 1 aromatic rings. The topological polar surface area (TPSA) is 47.3 Å². The standard InChI is InChI=1S/C16H24N2O/c17-18-16(10-12-6-8-19-9-7-12)15-11-14(15)13-4-2-1-3-5-13/h1-5,12,14-16,18H,6-11,17H2. The SMILES string of the molecule is NNC(CC1CCOCC1)C1CC1c1ccccc1. The lowest BCUT2D eigenvalue weighted by Gasteiger charge is -2.26. The van der Waals surface area contributed by atoms with Crippen molar-refractivity contribution in [1.29, 1.82) is 0 Å². The molecule has 0 amide bonds. The van der Waals surface area contributed by atoms with Crippen molar-refractivity contribution in [3.05, 3.63) is 35.9 Å². The summed E-state index contributed by atoms with van der Waals surface area (Å²) in [4.78, 5) is 0. The number of hydrazine groups is 1. The van der Waals surface area contributed by atoms with E-state index in [9.17, 15) is 0 Å². The molecule has 1 saturated carbocycles. The second kappa shape index (κ2) is 6.04. The van der Waals surface area contributed by atoms with E-state index >= 15 is 0 Å². The van der Waals surface area contributed by atoms with Crippen molar-refractivity contribution in [2.75, 3.05) is 13.2 Å². The molecule has 3 nitrogen and oxygen atoms in total. The summed E-state index contributed by atoms with van der Waals surface area (Å²) >= 11 is 0. The summed E-state index contributed by atoms with van der Waals surface area (Å²) in [6, 6.07) is 11.3. The average Bonchev–Trinajstić information content (AvgIpc) is 3.27. The van der Waals surface area contributed by atoms with Gasteiger partial charge in [0.25, 0.3) is 0 Å². The van der Waals surface area contributed by atoms with Crippen LogP contribution in [0, 0.1) is 11.8 Å². The van der Waals surface area contributed by atoms with Gasteiger partial charge in [-0.2, -0.15) is 0 Å². The third-order valence-corrected chi connectivity index (χ3v) is 4.73. The summed E-state index contributed by atoms with van der Waals surface area (Å²) in [5, 5.41) is 0. The van der Waals surface area contributed by atoms with Crippen molar-refractivity contribution < 1.29 is 4.74 Å². The maximum absolute atomic E-state index is 5.79. The van der Waals surface area contributed by atoms with E-state index in [1.54, 1.807) is 0 Å². The third-order valence-electron chi connectivity index (χ3n) is 4.73. The number of hydrogen-bond acceptors (Lipinski definition) is 3. The Labute approximate surface area is 115 Å². The van der Waals surface area contributed by atoms with E-state index < -0.39 is 0 Å². The Hall–Kier alpha value is -0.900. The van der Waals surface area contributed by atoms with Gasteiger partial charge in [0, 0.05) is 19.3 Å². The van der Waals surface area contributed by atoms with Crippen LogP contribution in [-0.4, -0.2) is 19.3 Å². The Morgan fingerprint density at radius 3 is 2.63 bits per heavy atom. The van der Waals surface area contributed by atoms with Gasteiger partial charge in [-0.15, -0.1) is 0 Å². The van der Waals surface area contributed by atoms with Crippen molar-refractivity contribution in [3.8, 4) is 0 Å². The molecule has 0 radical (unpaired) electrons. The molecule has 3 unspecified atom stereocenters. The lowest BCUT2D eigenvalue weighted by atomic mass is 9.90. The first kappa shape index (κ1) is 13.1. The van der Waals surface area contributed by atoms with E-state index in [1.165, 1.54) is 31.2 Å². The highest BCUT2D eigenvalue weighted by atomic mass is 16.5. The molecule has 0 spiro atoms. The molecular formula is C16H24N2O. The Bertz CT molecular complexity index is 389. The highest BCUT2D eigenvalue weighted by molar-refractivity contribution is 5.26. The quantitative estimate of drug-likeness (QED) is 0.631. The molecule has 1 saturated heterocycles. The number of nitrogens with two attached hydrogens (primary N) is 1. The molecule has 1 heterocycles. The Morgan fingerprint density at radius 2 is 1.95 bits per heavy atom. The average molecular weight is 260 g/mol. The van der Waals surface area contributed by atoms with Gasteiger partial charge in [-0.25, -0.2) is 0 Å². The summed E-state index contributed by atoms with van der Waals surface area (Å²) in [6.07, 6.45) is 4.87. The van der Waals surface area contributed by atoms with E-state index in [-0.39, 0.29) is 0 Å². The molecule has 1 aromatic carbocycles. The molecule has 3 rings (SSSR count). The minimum atomic E-state index is 0.466. The monoisotopic (exact) mass is 260 g/mol. The molecular weight excluding hydrogens is 236 g/mol. The number of benzene rings is 1. The zero-order valence-corrected chi connectivity index (χ0v) is 11.4. The highest BCUT2D eigenvalue weighted by Crippen LogP contribution is 2.50. The summed E-state index contributed by atoms with van der Waals surface area (Å²) in [5.41, 5.74) is 4.54. The summed E-state index contributed by atoms with van der Waals surface area (Å²) in [6.45, 7) is 1.85. The van der Waals surface area contributed by atoms with Crippen molar-refractivity contribution >= 4 is 0 Å². The minimum absolute atomic E-state index is 0.466. The van der Waals surface area contributed by atoms with Crippen LogP contribution in [0.25, 0.3) is 0 Å². The van der Waals surface area contributed by atoms with Gasteiger partial charge < -0.3 is 4.74 Å². The fraction of sp³-hybridized carbons (Fsp3) is 0.625. The van der Waals surface area contributed by atoms with Gasteiger partial charge in [0.15, 0.2) is 0 Å². The van der Waals surface area contributed by atoms with Gasteiger partial charge in [0.2, 0.25) is 0 Å². The second-order valence-corrected chi connectivity index (χ2v) is 5.98. The van der Waals surface area contributed by atoms with E-state index in [1.807, 2.05) is 0 Å². The van der Waals surface area contributed by atoms with Crippen LogP contribution in [0.5, 0.6) is 0 Å². The number of rotatable bonds is 5. The van der Waals surface area contributed by atoms with E-state index in [2.05, 4.69) is 35.8 Å². The van der Waals surface area contributed by atoms with Crippen LogP contribution in [0.1, 0.15) is 37.2 Å². The van der Waals surface area contributed by atoms with Gasteiger partial charge in [0.05, 0.1) is 0 Å².